The zero-order chi connectivity index (χ0) is 24.2. The highest BCUT2D eigenvalue weighted by atomic mass is 16.5. The number of aromatic nitrogens is 3. The maximum absolute atomic E-state index is 12.9. The number of rotatable bonds is 8. The van der Waals surface area contributed by atoms with Crippen molar-refractivity contribution in [2.75, 3.05) is 24.3 Å². The van der Waals surface area contributed by atoms with E-state index in [9.17, 15) is 9.59 Å². The SMILES string of the molecule is CC=C(C)CNc1cnc2c(c1)c(NC(C)=O)c(C(=O)OC)n2CCc1c[nH]c2ccccc12. The lowest BCUT2D eigenvalue weighted by atomic mass is 10.1. The first-order valence-corrected chi connectivity index (χ1v) is 11.2. The van der Waals surface area contributed by atoms with Gasteiger partial charge in [-0.2, -0.15) is 0 Å². The number of methoxy groups -OCH3 is 1. The van der Waals surface area contributed by atoms with E-state index >= 15 is 0 Å². The number of amides is 1. The van der Waals surface area contributed by atoms with Crippen LogP contribution >= 0.6 is 0 Å². The van der Waals surface area contributed by atoms with Gasteiger partial charge in [-0.1, -0.05) is 29.8 Å². The number of aryl methyl sites for hydroxylation is 2. The van der Waals surface area contributed by atoms with Gasteiger partial charge < -0.3 is 24.9 Å². The largest absolute Gasteiger partial charge is 0.464 e. The smallest absolute Gasteiger partial charge is 0.356 e. The third kappa shape index (κ3) is 4.52. The van der Waals surface area contributed by atoms with Crippen LogP contribution in [0.2, 0.25) is 0 Å². The van der Waals surface area contributed by atoms with Crippen molar-refractivity contribution in [1.82, 2.24) is 14.5 Å². The summed E-state index contributed by atoms with van der Waals surface area (Å²) in [5, 5.41) is 7.99. The van der Waals surface area contributed by atoms with Gasteiger partial charge in [-0.25, -0.2) is 9.78 Å². The number of pyridine rings is 1. The Kier molecular flexibility index (Phi) is 6.67. The Morgan fingerprint density at radius 1 is 1.21 bits per heavy atom. The van der Waals surface area contributed by atoms with E-state index in [0.717, 1.165) is 22.2 Å². The average Bonchev–Trinajstić information content (AvgIpc) is 3.39. The van der Waals surface area contributed by atoms with Gasteiger partial charge in [0.1, 0.15) is 5.65 Å². The number of ether oxygens (including phenoxy) is 1. The molecule has 0 aliphatic rings. The first kappa shape index (κ1) is 23.1. The molecule has 0 aliphatic carbocycles. The normalized spacial score (nSPS) is 11.7. The Bertz CT molecular complexity index is 1400. The molecule has 0 unspecified atom stereocenters. The van der Waals surface area contributed by atoms with Crippen molar-refractivity contribution in [1.29, 1.82) is 0 Å². The maximum atomic E-state index is 12.9. The molecule has 0 bridgehead atoms. The Labute approximate surface area is 198 Å². The molecule has 1 aromatic carbocycles. The van der Waals surface area contributed by atoms with Crippen molar-refractivity contribution in [3.63, 3.8) is 0 Å². The summed E-state index contributed by atoms with van der Waals surface area (Å²) in [6, 6.07) is 10.0. The molecule has 4 rings (SSSR count). The molecule has 0 saturated carbocycles. The number of esters is 1. The highest BCUT2D eigenvalue weighted by Crippen LogP contribution is 2.33. The van der Waals surface area contributed by atoms with Crippen molar-refractivity contribution in [2.45, 2.75) is 33.7 Å². The minimum atomic E-state index is -0.528. The number of carbonyl (C=O) groups excluding carboxylic acids is 2. The van der Waals surface area contributed by atoms with E-state index < -0.39 is 5.97 Å². The maximum Gasteiger partial charge on any atom is 0.356 e. The lowest BCUT2D eigenvalue weighted by molar-refractivity contribution is -0.114. The summed E-state index contributed by atoms with van der Waals surface area (Å²) >= 11 is 0. The lowest BCUT2D eigenvalue weighted by Gasteiger charge is -2.10. The minimum absolute atomic E-state index is 0.274. The molecule has 4 aromatic rings. The molecule has 0 spiro atoms. The van der Waals surface area contributed by atoms with Crippen molar-refractivity contribution in [3.8, 4) is 0 Å². The molecule has 0 radical (unpaired) electrons. The number of nitrogens with one attached hydrogen (secondary N) is 3. The second-order valence-corrected chi connectivity index (χ2v) is 8.24. The zero-order valence-electron chi connectivity index (χ0n) is 19.9. The van der Waals surface area contributed by atoms with Crippen LogP contribution in [0.3, 0.4) is 0 Å². The molecule has 176 valence electrons. The standard InChI is InChI=1S/C26H29N5O3/c1-5-16(2)13-27-19-12-21-23(30-17(3)32)24(26(33)34-4)31(25(21)29-15-19)11-10-18-14-28-22-9-7-6-8-20(18)22/h5-9,12,14-15,27-28H,10-11,13H2,1-4H3,(H,30,32). The number of hydrogen-bond donors (Lipinski definition) is 3. The predicted molar refractivity (Wildman–Crippen MR) is 135 cm³/mol. The fourth-order valence-corrected chi connectivity index (χ4v) is 4.07. The molecular formula is C26H29N5O3. The summed E-state index contributed by atoms with van der Waals surface area (Å²) in [5.74, 6) is -0.802. The molecule has 3 heterocycles. The van der Waals surface area contributed by atoms with Gasteiger partial charge in [-0.15, -0.1) is 0 Å². The highest BCUT2D eigenvalue weighted by Gasteiger charge is 2.25. The molecule has 0 aliphatic heterocycles. The van der Waals surface area contributed by atoms with Gasteiger partial charge in [-0.3, -0.25) is 4.79 Å². The van der Waals surface area contributed by atoms with Crippen LogP contribution in [0, 0.1) is 0 Å². The quantitative estimate of drug-likeness (QED) is 0.257. The van der Waals surface area contributed by atoms with Crippen LogP contribution in [0.1, 0.15) is 36.8 Å². The van der Waals surface area contributed by atoms with Crippen LogP contribution in [0.15, 0.2) is 54.4 Å². The molecule has 0 fully saturated rings. The number of anilines is 2. The zero-order valence-corrected chi connectivity index (χ0v) is 19.9. The van der Waals surface area contributed by atoms with Gasteiger partial charge in [0.15, 0.2) is 5.69 Å². The van der Waals surface area contributed by atoms with E-state index in [4.69, 9.17) is 4.74 Å². The monoisotopic (exact) mass is 459 g/mol. The van der Waals surface area contributed by atoms with Crippen molar-refractivity contribution in [2.24, 2.45) is 0 Å². The molecule has 1 amide bonds. The van der Waals surface area contributed by atoms with E-state index in [-0.39, 0.29) is 11.6 Å². The molecule has 3 N–H and O–H groups in total. The molecule has 8 nitrogen and oxygen atoms in total. The summed E-state index contributed by atoms with van der Waals surface area (Å²) in [5.41, 5.74) is 5.48. The second-order valence-electron chi connectivity index (χ2n) is 8.24. The van der Waals surface area contributed by atoms with Gasteiger partial charge in [0, 0.05) is 42.5 Å². The van der Waals surface area contributed by atoms with E-state index in [1.807, 2.05) is 55.0 Å². The van der Waals surface area contributed by atoms with Crippen LogP contribution in [-0.4, -0.2) is 40.1 Å². The van der Waals surface area contributed by atoms with E-state index in [2.05, 4.69) is 26.7 Å². The number of allylic oxidation sites excluding steroid dienone is 1. The Morgan fingerprint density at radius 3 is 2.74 bits per heavy atom. The van der Waals surface area contributed by atoms with Gasteiger partial charge in [0.2, 0.25) is 5.91 Å². The van der Waals surface area contributed by atoms with Crippen molar-refractivity contribution in [3.05, 3.63) is 65.6 Å². The lowest BCUT2D eigenvalue weighted by Crippen LogP contribution is -2.16. The number of H-pyrrole nitrogens is 1. The van der Waals surface area contributed by atoms with Crippen molar-refractivity contribution < 1.29 is 14.3 Å². The van der Waals surface area contributed by atoms with E-state index in [0.29, 0.717) is 36.2 Å². The Morgan fingerprint density at radius 2 is 2.00 bits per heavy atom. The number of benzene rings is 1. The highest BCUT2D eigenvalue weighted by molar-refractivity contribution is 6.11. The number of para-hydroxylation sites is 1. The molecule has 34 heavy (non-hydrogen) atoms. The number of hydrogen-bond acceptors (Lipinski definition) is 5. The fourth-order valence-electron chi connectivity index (χ4n) is 4.07. The topological polar surface area (TPSA) is 101 Å². The number of carbonyl (C=O) groups is 2. The van der Waals surface area contributed by atoms with Gasteiger partial charge >= 0.3 is 5.97 Å². The van der Waals surface area contributed by atoms with Crippen LogP contribution in [0.5, 0.6) is 0 Å². The van der Waals surface area contributed by atoms with E-state index in [1.54, 1.807) is 6.20 Å². The first-order chi connectivity index (χ1) is 16.4. The van der Waals surface area contributed by atoms with Gasteiger partial charge in [0.05, 0.1) is 24.7 Å². The number of fused-ring (bicyclic) bond motifs is 2. The minimum Gasteiger partial charge on any atom is -0.464 e. The summed E-state index contributed by atoms with van der Waals surface area (Å²) in [6.45, 7) is 6.60. The molecule has 8 heteroatoms. The van der Waals surface area contributed by atoms with Gasteiger partial charge in [-0.05, 0) is 38.0 Å². The number of aromatic amines is 1. The average molecular weight is 460 g/mol. The van der Waals surface area contributed by atoms with Crippen LogP contribution < -0.4 is 10.6 Å². The Balaban J connectivity index is 1.79. The van der Waals surface area contributed by atoms with Crippen LogP contribution in [0.25, 0.3) is 21.9 Å². The molecule has 3 aromatic heterocycles. The third-order valence-corrected chi connectivity index (χ3v) is 5.92. The first-order valence-electron chi connectivity index (χ1n) is 11.2. The summed E-state index contributed by atoms with van der Waals surface area (Å²) in [7, 11) is 1.34. The molecule has 0 saturated heterocycles. The van der Waals surface area contributed by atoms with E-state index in [1.165, 1.54) is 19.6 Å². The molecule has 0 atom stereocenters. The fraction of sp³-hybridized carbons (Fsp3) is 0.269. The van der Waals surface area contributed by atoms with Crippen LogP contribution in [-0.2, 0) is 22.5 Å². The van der Waals surface area contributed by atoms with Crippen molar-refractivity contribution >= 4 is 45.2 Å². The second kappa shape index (κ2) is 9.82. The summed E-state index contributed by atoms with van der Waals surface area (Å²) in [6.07, 6.45) is 6.44. The Hall–Kier alpha value is -4.07. The summed E-state index contributed by atoms with van der Waals surface area (Å²) in [4.78, 5) is 32.9. The van der Waals surface area contributed by atoms with Gasteiger partial charge in [0.25, 0.3) is 0 Å². The van der Waals surface area contributed by atoms with Crippen LogP contribution in [0.4, 0.5) is 11.4 Å². The predicted octanol–water partition coefficient (Wildman–Crippen LogP) is 4.88. The third-order valence-electron chi connectivity index (χ3n) is 5.92. The number of nitrogens with zero attached hydrogens (tertiary/aromatic N) is 2. The molecular weight excluding hydrogens is 430 g/mol. The summed E-state index contributed by atoms with van der Waals surface area (Å²) < 4.78 is 6.92.